The van der Waals surface area contributed by atoms with Crippen molar-refractivity contribution in [2.24, 2.45) is 0 Å². The average molecular weight is 644 g/mol. The van der Waals surface area contributed by atoms with Gasteiger partial charge in [0.05, 0.1) is 52.5 Å². The molecule has 1 saturated heterocycles. The number of ether oxygens (including phenoxy) is 3. The largest absolute Gasteiger partial charge is 0.473 e. The molecular formula is C35H35ClFN5O4. The number of hydrogen-bond donors (Lipinski definition) is 0. The molecule has 46 heavy (non-hydrogen) atoms. The SMILES string of the molecule is CC(C)(C)OC(=O)c1ccc2nc(CCl)n(C[C@@H]3CC(N4CC=C(c5cccc(OCc6ccc(C#N)cc6F)n5)CC4)O3)c2c1. The number of imidazole rings is 1. The molecule has 2 aromatic heterocycles. The Morgan fingerprint density at radius 2 is 2.00 bits per heavy atom. The molecule has 4 aromatic rings. The van der Waals surface area contributed by atoms with Crippen molar-refractivity contribution in [3.8, 4) is 11.9 Å². The second kappa shape index (κ2) is 13.2. The quantitative estimate of drug-likeness (QED) is 0.148. The molecular weight excluding hydrogens is 609 g/mol. The predicted octanol–water partition coefficient (Wildman–Crippen LogP) is 6.62. The van der Waals surface area contributed by atoms with Gasteiger partial charge in [0.1, 0.15) is 30.1 Å². The lowest BCUT2D eigenvalue weighted by Crippen LogP contribution is -2.52. The van der Waals surface area contributed by atoms with Gasteiger partial charge in [-0.15, -0.1) is 11.6 Å². The molecule has 0 amide bonds. The molecule has 0 saturated carbocycles. The molecule has 2 aliphatic rings. The molecule has 2 aliphatic heterocycles. The summed E-state index contributed by atoms with van der Waals surface area (Å²) in [5.74, 6) is 0.544. The topological polar surface area (TPSA) is 102 Å². The highest BCUT2D eigenvalue weighted by molar-refractivity contribution is 6.16. The summed E-state index contributed by atoms with van der Waals surface area (Å²) in [5.41, 5.74) is 4.08. The van der Waals surface area contributed by atoms with Crippen LogP contribution in [0.5, 0.6) is 5.88 Å². The van der Waals surface area contributed by atoms with E-state index in [9.17, 15) is 9.18 Å². The molecule has 11 heteroatoms. The number of carbonyl (C=O) groups is 1. The van der Waals surface area contributed by atoms with E-state index in [0.29, 0.717) is 23.6 Å². The van der Waals surface area contributed by atoms with Gasteiger partial charge in [0.25, 0.3) is 0 Å². The molecule has 2 atom stereocenters. The molecule has 1 fully saturated rings. The molecule has 0 radical (unpaired) electrons. The number of aromatic nitrogens is 3. The monoisotopic (exact) mass is 643 g/mol. The van der Waals surface area contributed by atoms with Crippen molar-refractivity contribution in [3.63, 3.8) is 0 Å². The Bertz CT molecular complexity index is 1840. The number of benzene rings is 2. The number of hydrogen-bond acceptors (Lipinski definition) is 8. The van der Waals surface area contributed by atoms with Crippen LogP contribution in [0.1, 0.15) is 66.6 Å². The van der Waals surface area contributed by atoms with Gasteiger partial charge >= 0.3 is 5.97 Å². The fourth-order valence-electron chi connectivity index (χ4n) is 5.67. The summed E-state index contributed by atoms with van der Waals surface area (Å²) in [4.78, 5) is 24.3. The van der Waals surface area contributed by atoms with Gasteiger partial charge in [-0.1, -0.05) is 18.2 Å². The van der Waals surface area contributed by atoms with Crippen molar-refractivity contribution < 1.29 is 23.4 Å². The summed E-state index contributed by atoms with van der Waals surface area (Å²) < 4.78 is 34.0. The standard InChI is InChI=1S/C35H35ClFN5O4/c1-35(2,3)46-34(43)24-9-10-29-30(16-24)42(31(18-36)39-29)20-26-17-33(45-26)41-13-11-23(12-14-41)28-5-4-6-32(40-28)44-21-25-8-7-22(19-38)15-27(25)37/h4-11,15-16,26,33H,12-14,17-18,20-21H2,1-3H3/t26-,33?/m0/s1. The molecule has 0 bridgehead atoms. The third-order valence-corrected chi connectivity index (χ3v) is 8.28. The minimum Gasteiger partial charge on any atom is -0.473 e. The van der Waals surface area contributed by atoms with E-state index >= 15 is 0 Å². The fraction of sp³-hybridized carbons (Fsp3) is 0.371. The third-order valence-electron chi connectivity index (χ3n) is 8.04. The van der Waals surface area contributed by atoms with Crippen molar-refractivity contribution in [3.05, 3.63) is 94.7 Å². The van der Waals surface area contributed by atoms with E-state index in [4.69, 9.17) is 31.1 Å². The Balaban J connectivity index is 1.05. The molecule has 1 unspecified atom stereocenters. The molecule has 0 aliphatic carbocycles. The van der Waals surface area contributed by atoms with Crippen LogP contribution in [-0.2, 0) is 28.5 Å². The van der Waals surface area contributed by atoms with E-state index in [0.717, 1.165) is 54.1 Å². The van der Waals surface area contributed by atoms with Gasteiger partial charge in [-0.3, -0.25) is 4.90 Å². The van der Waals surface area contributed by atoms with Gasteiger partial charge in [-0.05, 0) is 69.2 Å². The summed E-state index contributed by atoms with van der Waals surface area (Å²) in [6.07, 6.45) is 3.85. The second-order valence-corrected chi connectivity index (χ2v) is 12.7. The number of alkyl halides is 1. The number of fused-ring (bicyclic) bond motifs is 1. The van der Waals surface area contributed by atoms with Crippen LogP contribution < -0.4 is 4.74 Å². The molecule has 238 valence electrons. The van der Waals surface area contributed by atoms with Crippen LogP contribution >= 0.6 is 11.6 Å². The number of nitrogens with zero attached hydrogens (tertiary/aromatic N) is 5. The van der Waals surface area contributed by atoms with Crippen LogP contribution in [0.4, 0.5) is 4.39 Å². The van der Waals surface area contributed by atoms with Crippen LogP contribution in [0.15, 0.2) is 60.7 Å². The molecule has 0 N–H and O–H groups in total. The van der Waals surface area contributed by atoms with Crippen LogP contribution in [-0.4, -0.2) is 56.4 Å². The Morgan fingerprint density at radius 1 is 1.17 bits per heavy atom. The Morgan fingerprint density at radius 3 is 2.70 bits per heavy atom. The normalized spacial score (nSPS) is 18.5. The Labute approximate surface area is 272 Å². The lowest BCUT2D eigenvalue weighted by atomic mass is 10.0. The van der Waals surface area contributed by atoms with Crippen LogP contribution in [0.3, 0.4) is 0 Å². The summed E-state index contributed by atoms with van der Waals surface area (Å²) in [6, 6.07) is 17.2. The van der Waals surface area contributed by atoms with E-state index < -0.39 is 11.4 Å². The van der Waals surface area contributed by atoms with Gasteiger partial charge in [0.15, 0.2) is 0 Å². The van der Waals surface area contributed by atoms with Gasteiger partial charge in [0, 0.05) is 31.1 Å². The summed E-state index contributed by atoms with van der Waals surface area (Å²) in [6.45, 7) is 7.70. The number of halogens is 2. The van der Waals surface area contributed by atoms with Gasteiger partial charge < -0.3 is 18.8 Å². The minimum atomic E-state index is -0.586. The van der Waals surface area contributed by atoms with Crippen molar-refractivity contribution in [1.29, 1.82) is 5.26 Å². The van der Waals surface area contributed by atoms with Gasteiger partial charge in [-0.25, -0.2) is 19.2 Å². The van der Waals surface area contributed by atoms with Crippen LogP contribution in [0.2, 0.25) is 0 Å². The first-order valence-electron chi connectivity index (χ1n) is 15.3. The smallest absolute Gasteiger partial charge is 0.338 e. The van der Waals surface area contributed by atoms with E-state index in [1.807, 2.05) is 55.7 Å². The number of pyridine rings is 1. The first kappa shape index (κ1) is 31.7. The lowest BCUT2D eigenvalue weighted by Gasteiger charge is -2.44. The first-order chi connectivity index (χ1) is 22.1. The maximum atomic E-state index is 14.2. The molecule has 4 heterocycles. The van der Waals surface area contributed by atoms with Crippen molar-refractivity contribution in [2.75, 3.05) is 13.1 Å². The van der Waals surface area contributed by atoms with E-state index in [1.54, 1.807) is 24.3 Å². The van der Waals surface area contributed by atoms with Crippen molar-refractivity contribution in [2.45, 2.75) is 70.6 Å². The summed E-state index contributed by atoms with van der Waals surface area (Å²) in [7, 11) is 0. The van der Waals surface area contributed by atoms with E-state index in [2.05, 4.69) is 20.9 Å². The highest BCUT2D eigenvalue weighted by Gasteiger charge is 2.36. The third kappa shape index (κ3) is 7.07. The van der Waals surface area contributed by atoms with Crippen LogP contribution in [0.25, 0.3) is 16.6 Å². The number of rotatable bonds is 9. The zero-order chi connectivity index (χ0) is 32.4. The zero-order valence-electron chi connectivity index (χ0n) is 26.0. The predicted molar refractivity (Wildman–Crippen MR) is 172 cm³/mol. The molecule has 6 rings (SSSR count). The number of esters is 1. The van der Waals surface area contributed by atoms with Crippen molar-refractivity contribution >= 4 is 34.2 Å². The Hall–Kier alpha value is -4.30. The molecule has 2 aromatic carbocycles. The summed E-state index contributed by atoms with van der Waals surface area (Å²) >= 11 is 6.26. The van der Waals surface area contributed by atoms with Crippen LogP contribution in [0, 0.1) is 17.1 Å². The number of carbonyl (C=O) groups excluding carboxylic acids is 1. The molecule has 9 nitrogen and oxygen atoms in total. The second-order valence-electron chi connectivity index (χ2n) is 12.5. The van der Waals surface area contributed by atoms with Crippen molar-refractivity contribution in [1.82, 2.24) is 19.4 Å². The van der Waals surface area contributed by atoms with E-state index in [-0.39, 0.29) is 36.4 Å². The average Bonchev–Trinajstić information content (AvgIpc) is 3.38. The molecule has 0 spiro atoms. The maximum absolute atomic E-state index is 14.2. The number of nitriles is 1. The van der Waals surface area contributed by atoms with E-state index in [1.165, 1.54) is 6.07 Å². The van der Waals surface area contributed by atoms with Gasteiger partial charge in [-0.2, -0.15) is 5.26 Å². The Kier molecular flexibility index (Phi) is 9.09. The lowest BCUT2D eigenvalue weighted by molar-refractivity contribution is -0.199. The fourth-order valence-corrected chi connectivity index (χ4v) is 5.88. The minimum absolute atomic E-state index is 0.00337. The first-order valence-corrected chi connectivity index (χ1v) is 15.8. The van der Waals surface area contributed by atoms with Gasteiger partial charge in [0.2, 0.25) is 5.88 Å². The highest BCUT2D eigenvalue weighted by Crippen LogP contribution is 2.32. The maximum Gasteiger partial charge on any atom is 0.338 e. The highest BCUT2D eigenvalue weighted by atomic mass is 35.5. The zero-order valence-corrected chi connectivity index (χ0v) is 26.8. The summed E-state index contributed by atoms with van der Waals surface area (Å²) in [5, 5.41) is 8.94.